The molecule has 5 N–H and O–H groups in total. The van der Waals surface area contributed by atoms with Crippen LogP contribution in [0.2, 0.25) is 0 Å². The number of hydrogen-bond acceptors (Lipinski definition) is 7. The molecule has 138 valence electrons. The fourth-order valence-electron chi connectivity index (χ4n) is 4.74. The van der Waals surface area contributed by atoms with Crippen LogP contribution in [-0.2, 0) is 4.79 Å². The van der Waals surface area contributed by atoms with Crippen LogP contribution in [0.5, 0.6) is 5.75 Å². The number of phenolic OH excluding ortho intramolecular Hbond substituents is 1. The Morgan fingerprint density at radius 2 is 1.81 bits per heavy atom. The molecule has 4 rings (SSSR count). The topological polar surface area (TPSA) is 135 Å². The summed E-state index contributed by atoms with van der Waals surface area (Å²) in [5, 5.41) is 53.2. The van der Waals surface area contributed by atoms with Gasteiger partial charge in [0.15, 0.2) is 11.6 Å². The summed E-state index contributed by atoms with van der Waals surface area (Å²) in [4.78, 5) is 25.8. The maximum Gasteiger partial charge on any atom is 0.174 e. The second-order valence-electron chi connectivity index (χ2n) is 7.59. The van der Waals surface area contributed by atoms with Crippen LogP contribution in [0.3, 0.4) is 0 Å². The van der Waals surface area contributed by atoms with Crippen molar-refractivity contribution in [1.29, 1.82) is 0 Å². The first kappa shape index (κ1) is 17.4. The van der Waals surface area contributed by atoms with E-state index in [0.29, 0.717) is 6.42 Å². The van der Waals surface area contributed by atoms with Gasteiger partial charge in [0, 0.05) is 23.1 Å². The van der Waals surface area contributed by atoms with Crippen molar-refractivity contribution < 1.29 is 35.1 Å². The highest BCUT2D eigenvalue weighted by atomic mass is 16.4. The fourth-order valence-corrected chi connectivity index (χ4v) is 4.74. The second kappa shape index (κ2) is 5.47. The molecule has 1 aromatic rings. The summed E-state index contributed by atoms with van der Waals surface area (Å²) in [6, 6.07) is 4.08. The van der Waals surface area contributed by atoms with Crippen molar-refractivity contribution in [2.75, 3.05) is 0 Å². The number of fused-ring (bicyclic) bond motifs is 3. The first-order valence-electron chi connectivity index (χ1n) is 8.58. The number of hydrogen-bond donors (Lipinski definition) is 5. The Kier molecular flexibility index (Phi) is 3.65. The zero-order valence-corrected chi connectivity index (χ0v) is 14.1. The van der Waals surface area contributed by atoms with Crippen molar-refractivity contribution in [2.45, 2.75) is 43.7 Å². The smallest absolute Gasteiger partial charge is 0.174 e. The third-order valence-electron chi connectivity index (χ3n) is 5.95. The van der Waals surface area contributed by atoms with Crippen molar-refractivity contribution in [1.82, 2.24) is 0 Å². The molecule has 0 radical (unpaired) electrons. The first-order valence-corrected chi connectivity index (χ1v) is 8.58. The zero-order chi connectivity index (χ0) is 19.0. The molecule has 0 bridgehead atoms. The average Bonchev–Trinajstić information content (AvgIpc) is 2.58. The van der Waals surface area contributed by atoms with Gasteiger partial charge in [-0.1, -0.05) is 19.1 Å². The maximum absolute atomic E-state index is 13.1. The summed E-state index contributed by atoms with van der Waals surface area (Å²) in [6.07, 6.45) is -4.82. The van der Waals surface area contributed by atoms with Gasteiger partial charge in [0.05, 0.1) is 5.92 Å². The SMILES string of the molecule is CC1CC(=O)C2=C(C1)C(O)C(O)C1(O)C2C(=O)c2cccc(O)c2C1O. The Bertz CT molecular complexity index is 857. The van der Waals surface area contributed by atoms with Crippen molar-refractivity contribution in [3.63, 3.8) is 0 Å². The predicted molar refractivity (Wildman–Crippen MR) is 88.3 cm³/mol. The summed E-state index contributed by atoms with van der Waals surface area (Å²) in [6.45, 7) is 1.83. The third kappa shape index (κ3) is 1.97. The molecule has 0 aliphatic heterocycles. The minimum atomic E-state index is -2.50. The Morgan fingerprint density at radius 3 is 2.50 bits per heavy atom. The van der Waals surface area contributed by atoms with Gasteiger partial charge in [-0.2, -0.15) is 0 Å². The molecule has 7 nitrogen and oxygen atoms in total. The molecule has 3 aliphatic rings. The molecule has 0 aromatic heterocycles. The van der Waals surface area contributed by atoms with E-state index in [1.165, 1.54) is 18.2 Å². The molecule has 3 aliphatic carbocycles. The number of aliphatic hydroxyl groups is 4. The first-order chi connectivity index (χ1) is 12.2. The lowest BCUT2D eigenvalue weighted by Crippen LogP contribution is -2.66. The summed E-state index contributed by atoms with van der Waals surface area (Å²) in [7, 11) is 0. The molecule has 0 saturated heterocycles. The van der Waals surface area contributed by atoms with Gasteiger partial charge in [0.2, 0.25) is 0 Å². The summed E-state index contributed by atoms with van der Waals surface area (Å²) in [5.74, 6) is -2.99. The van der Waals surface area contributed by atoms with Crippen LogP contribution in [0.15, 0.2) is 29.3 Å². The van der Waals surface area contributed by atoms with Crippen molar-refractivity contribution >= 4 is 11.6 Å². The minimum absolute atomic E-state index is 0.00552. The molecule has 1 aromatic carbocycles. The standard InChI is InChI=1S/C19H20O7/c1-7-5-9-12(11(21)6-7)14-15(22)8-3-2-4-10(20)13(8)17(24)19(14,26)18(25)16(9)23/h2-4,7,14,16-18,20,23-26H,5-6H2,1H3. The van der Waals surface area contributed by atoms with E-state index in [1.54, 1.807) is 0 Å². The van der Waals surface area contributed by atoms with Crippen LogP contribution in [0, 0.1) is 11.8 Å². The molecule has 0 spiro atoms. The van der Waals surface area contributed by atoms with Crippen LogP contribution in [0.1, 0.15) is 41.8 Å². The lowest BCUT2D eigenvalue weighted by atomic mass is 9.56. The number of carbonyl (C=O) groups is 2. The minimum Gasteiger partial charge on any atom is -0.508 e. The molecule has 0 fully saturated rings. The second-order valence-corrected chi connectivity index (χ2v) is 7.59. The average molecular weight is 360 g/mol. The van der Waals surface area contributed by atoms with E-state index in [0.717, 1.165) is 0 Å². The van der Waals surface area contributed by atoms with Crippen LogP contribution in [-0.4, -0.2) is 54.9 Å². The number of ketones is 2. The van der Waals surface area contributed by atoms with E-state index < -0.39 is 41.4 Å². The van der Waals surface area contributed by atoms with Gasteiger partial charge in [-0.05, 0) is 24.0 Å². The quantitative estimate of drug-likeness (QED) is 0.439. The summed E-state index contributed by atoms with van der Waals surface area (Å²) < 4.78 is 0. The number of benzene rings is 1. The van der Waals surface area contributed by atoms with E-state index in [1.807, 2.05) is 6.92 Å². The van der Waals surface area contributed by atoms with Crippen LogP contribution >= 0.6 is 0 Å². The molecule has 26 heavy (non-hydrogen) atoms. The highest BCUT2D eigenvalue weighted by Crippen LogP contribution is 2.54. The number of rotatable bonds is 0. The number of Topliss-reactive ketones (excluding diaryl/α,β-unsaturated/α-hetero) is 2. The fraction of sp³-hybridized carbons (Fsp3) is 0.474. The Balaban J connectivity index is 2.01. The highest BCUT2D eigenvalue weighted by molar-refractivity contribution is 6.11. The van der Waals surface area contributed by atoms with Crippen LogP contribution in [0.4, 0.5) is 0 Å². The molecule has 0 saturated carbocycles. The summed E-state index contributed by atoms with van der Waals surface area (Å²) in [5.41, 5.74) is -2.48. The molecule has 0 amide bonds. The van der Waals surface area contributed by atoms with E-state index in [2.05, 4.69) is 0 Å². The molecule has 0 heterocycles. The molecule has 7 heteroatoms. The Labute approximate surface area is 149 Å². The summed E-state index contributed by atoms with van der Waals surface area (Å²) >= 11 is 0. The van der Waals surface area contributed by atoms with E-state index in [4.69, 9.17) is 0 Å². The van der Waals surface area contributed by atoms with Gasteiger partial charge in [-0.3, -0.25) is 9.59 Å². The van der Waals surface area contributed by atoms with Gasteiger partial charge in [-0.25, -0.2) is 0 Å². The highest BCUT2D eigenvalue weighted by Gasteiger charge is 2.64. The number of aromatic hydroxyl groups is 1. The zero-order valence-electron chi connectivity index (χ0n) is 14.1. The van der Waals surface area contributed by atoms with E-state index >= 15 is 0 Å². The lowest BCUT2D eigenvalue weighted by molar-refractivity contribution is -0.198. The van der Waals surface area contributed by atoms with Crippen LogP contribution < -0.4 is 0 Å². The molecule has 6 atom stereocenters. The van der Waals surface area contributed by atoms with Crippen molar-refractivity contribution in [3.8, 4) is 5.75 Å². The van der Waals surface area contributed by atoms with Crippen LogP contribution in [0.25, 0.3) is 0 Å². The van der Waals surface area contributed by atoms with E-state index in [9.17, 15) is 35.1 Å². The molecular weight excluding hydrogens is 340 g/mol. The van der Waals surface area contributed by atoms with Gasteiger partial charge in [-0.15, -0.1) is 0 Å². The monoisotopic (exact) mass is 360 g/mol. The van der Waals surface area contributed by atoms with E-state index in [-0.39, 0.29) is 40.4 Å². The Hall–Kier alpha value is -2.06. The van der Waals surface area contributed by atoms with Crippen molar-refractivity contribution in [2.24, 2.45) is 11.8 Å². The van der Waals surface area contributed by atoms with Gasteiger partial charge < -0.3 is 25.5 Å². The molecule has 6 unspecified atom stereocenters. The third-order valence-corrected chi connectivity index (χ3v) is 5.95. The lowest BCUT2D eigenvalue weighted by Gasteiger charge is -2.52. The van der Waals surface area contributed by atoms with Gasteiger partial charge in [0.1, 0.15) is 29.7 Å². The number of carbonyl (C=O) groups excluding carboxylic acids is 2. The Morgan fingerprint density at radius 1 is 1.12 bits per heavy atom. The van der Waals surface area contributed by atoms with Crippen molar-refractivity contribution in [3.05, 3.63) is 40.5 Å². The van der Waals surface area contributed by atoms with Gasteiger partial charge in [0.25, 0.3) is 0 Å². The predicted octanol–water partition coefficient (Wildman–Crippen LogP) is 0.000200. The number of phenols is 1. The normalized spacial score (nSPS) is 39.3. The molecular formula is C19H20O7. The van der Waals surface area contributed by atoms with Gasteiger partial charge >= 0.3 is 0 Å². The maximum atomic E-state index is 13.1. The largest absolute Gasteiger partial charge is 0.508 e. The number of aliphatic hydroxyl groups excluding tert-OH is 3.